The number of likely N-dealkylation sites (N-methyl/N-ethyl adjacent to an activating group) is 1. The number of thiocarbonyl (C=S) groups is 1. The molecule has 2 aromatic carbocycles. The van der Waals surface area contributed by atoms with E-state index < -0.39 is 4.92 Å². The number of hydrogen-bond donors (Lipinski definition) is 4. The summed E-state index contributed by atoms with van der Waals surface area (Å²) in [7, 11) is 2.25. The third-order valence-corrected chi connectivity index (χ3v) is 5.76. The van der Waals surface area contributed by atoms with Crippen molar-refractivity contribution in [1.29, 1.82) is 0 Å². The highest BCUT2D eigenvalue weighted by molar-refractivity contribution is 7.80. The Morgan fingerprint density at radius 2 is 1.69 bits per heavy atom. The number of piperazine rings is 1. The fraction of sp³-hybridized carbons (Fsp3) is 0.381. The third-order valence-electron chi connectivity index (χ3n) is 5.54. The summed E-state index contributed by atoms with van der Waals surface area (Å²) < 4.78 is 0. The first-order valence-corrected chi connectivity index (χ1v) is 10.4. The molecule has 1 aliphatic rings. The summed E-state index contributed by atoms with van der Waals surface area (Å²) in [6.07, 6.45) is 0. The maximum atomic E-state index is 10.8. The quantitative estimate of drug-likeness (QED) is 0.313. The topological polar surface area (TPSA) is 76.1 Å². The van der Waals surface area contributed by atoms with E-state index in [0.29, 0.717) is 11.2 Å². The number of hydrogen-bond acceptors (Lipinski definition) is 3. The van der Waals surface area contributed by atoms with Crippen molar-refractivity contribution in [2.45, 2.75) is 19.0 Å². The number of nitro groups is 1. The van der Waals surface area contributed by atoms with Crippen LogP contribution in [0.5, 0.6) is 0 Å². The lowest BCUT2D eigenvalue weighted by Gasteiger charge is -2.37. The van der Waals surface area contributed by atoms with Crippen molar-refractivity contribution >= 4 is 28.7 Å². The van der Waals surface area contributed by atoms with Gasteiger partial charge in [0.05, 0.1) is 18.0 Å². The molecule has 0 aliphatic carbocycles. The number of rotatable bonds is 6. The van der Waals surface area contributed by atoms with E-state index in [9.17, 15) is 10.1 Å². The molecular formula is C21H29N5O2S+2. The molecular weight excluding hydrogens is 386 g/mol. The summed E-state index contributed by atoms with van der Waals surface area (Å²) in [5.74, 6) is 0. The van der Waals surface area contributed by atoms with Crippen LogP contribution in [0.25, 0.3) is 0 Å². The van der Waals surface area contributed by atoms with Crippen LogP contribution in [-0.2, 0) is 0 Å². The smallest absolute Gasteiger partial charge is 0.269 e. The average Bonchev–Trinajstić information content (AvgIpc) is 2.71. The van der Waals surface area contributed by atoms with E-state index in [0.717, 1.165) is 31.9 Å². The molecule has 8 heteroatoms. The van der Waals surface area contributed by atoms with Gasteiger partial charge in [-0.3, -0.25) is 10.1 Å². The average molecular weight is 416 g/mol. The fourth-order valence-corrected chi connectivity index (χ4v) is 4.27. The monoisotopic (exact) mass is 415 g/mol. The van der Waals surface area contributed by atoms with Gasteiger partial charge in [0.15, 0.2) is 5.11 Å². The normalized spacial score (nSPS) is 21.0. The van der Waals surface area contributed by atoms with E-state index in [1.54, 1.807) is 21.9 Å². The van der Waals surface area contributed by atoms with E-state index in [1.165, 1.54) is 17.7 Å². The van der Waals surface area contributed by atoms with Crippen LogP contribution in [0.1, 0.15) is 18.5 Å². The molecule has 1 fully saturated rings. The van der Waals surface area contributed by atoms with E-state index in [-0.39, 0.29) is 11.7 Å². The van der Waals surface area contributed by atoms with Crippen molar-refractivity contribution in [1.82, 2.24) is 5.32 Å². The molecule has 0 amide bonds. The Labute approximate surface area is 176 Å². The Balaban J connectivity index is 1.68. The molecule has 0 radical (unpaired) electrons. The number of nitrogens with zero attached hydrogens (tertiary/aromatic N) is 1. The van der Waals surface area contributed by atoms with E-state index >= 15 is 0 Å². The largest absolute Gasteiger partial charge is 0.354 e. The zero-order valence-corrected chi connectivity index (χ0v) is 17.7. The molecule has 0 saturated carbocycles. The number of non-ortho nitro benzene ring substituents is 1. The first kappa shape index (κ1) is 21.2. The minimum atomic E-state index is -0.409. The van der Waals surface area contributed by atoms with Crippen LogP contribution in [0.3, 0.4) is 0 Å². The summed E-state index contributed by atoms with van der Waals surface area (Å²) in [5.41, 5.74) is 2.10. The molecule has 2 aromatic rings. The second-order valence-electron chi connectivity index (χ2n) is 7.69. The predicted molar refractivity (Wildman–Crippen MR) is 118 cm³/mol. The van der Waals surface area contributed by atoms with Gasteiger partial charge in [0.2, 0.25) is 0 Å². The number of quaternary nitrogens is 2. The Morgan fingerprint density at radius 3 is 2.28 bits per heavy atom. The summed E-state index contributed by atoms with van der Waals surface area (Å²) >= 11 is 5.52. The van der Waals surface area contributed by atoms with Gasteiger partial charge in [-0.05, 0) is 31.3 Å². The van der Waals surface area contributed by atoms with Crippen LogP contribution in [-0.4, -0.2) is 49.3 Å². The lowest BCUT2D eigenvalue weighted by molar-refractivity contribution is -1.02. The van der Waals surface area contributed by atoms with Crippen LogP contribution in [0.4, 0.5) is 11.4 Å². The molecule has 1 saturated heterocycles. The number of anilines is 1. The highest BCUT2D eigenvalue weighted by Crippen LogP contribution is 2.17. The molecule has 0 aromatic heterocycles. The Hall–Kier alpha value is -2.55. The maximum Gasteiger partial charge on any atom is 0.269 e. The number of nitro benzene ring substituents is 1. The highest BCUT2D eigenvalue weighted by Gasteiger charge is 2.33. The third kappa shape index (κ3) is 5.72. The zero-order chi connectivity index (χ0) is 20.8. The van der Waals surface area contributed by atoms with Gasteiger partial charge in [-0.25, -0.2) is 0 Å². The summed E-state index contributed by atoms with van der Waals surface area (Å²) in [4.78, 5) is 13.5. The second-order valence-corrected chi connectivity index (χ2v) is 8.10. The highest BCUT2D eigenvalue weighted by atomic mass is 32.1. The first-order chi connectivity index (χ1) is 13.9. The Morgan fingerprint density at radius 1 is 1.07 bits per heavy atom. The Bertz CT molecular complexity index is 823. The molecule has 0 bridgehead atoms. The van der Waals surface area contributed by atoms with Gasteiger partial charge in [-0.15, -0.1) is 0 Å². The molecule has 154 valence electrons. The van der Waals surface area contributed by atoms with Gasteiger partial charge in [0, 0.05) is 23.4 Å². The van der Waals surface area contributed by atoms with Gasteiger partial charge < -0.3 is 20.4 Å². The SMILES string of the molecule is C[C@@H](NC(=S)Nc1ccc([N+](=O)[O-])cc1)[C@@H](c1ccccc1)[NH+]1CC[NH+](C)CC1. The van der Waals surface area contributed by atoms with Gasteiger partial charge in [-0.1, -0.05) is 30.3 Å². The fourth-order valence-electron chi connectivity index (χ4n) is 3.97. The van der Waals surface area contributed by atoms with Crippen molar-refractivity contribution in [3.05, 3.63) is 70.3 Å². The van der Waals surface area contributed by atoms with E-state index in [4.69, 9.17) is 12.2 Å². The molecule has 4 N–H and O–H groups in total. The lowest BCUT2D eigenvalue weighted by atomic mass is 9.98. The minimum Gasteiger partial charge on any atom is -0.354 e. The van der Waals surface area contributed by atoms with Gasteiger partial charge >= 0.3 is 0 Å². The van der Waals surface area contributed by atoms with Gasteiger partial charge in [0.25, 0.3) is 5.69 Å². The van der Waals surface area contributed by atoms with Crippen molar-refractivity contribution in [2.24, 2.45) is 0 Å². The standard InChI is InChI=1S/C21H27N5O2S/c1-16(22-21(29)23-18-8-10-19(11-9-18)26(27)28)20(17-6-4-3-5-7-17)25-14-12-24(2)13-15-25/h3-11,16,20H,12-15H2,1-2H3,(H2,22,23,29)/p+2/t16-,20+/m1/s1. The van der Waals surface area contributed by atoms with Crippen LogP contribution in [0.2, 0.25) is 0 Å². The van der Waals surface area contributed by atoms with Crippen molar-refractivity contribution in [3.8, 4) is 0 Å². The first-order valence-electron chi connectivity index (χ1n) is 9.97. The van der Waals surface area contributed by atoms with E-state index in [1.807, 2.05) is 6.07 Å². The molecule has 0 spiro atoms. The lowest BCUT2D eigenvalue weighted by Crippen LogP contribution is -3.27. The molecule has 1 heterocycles. The number of nitrogens with one attached hydrogen (secondary N) is 4. The van der Waals surface area contributed by atoms with Crippen LogP contribution < -0.4 is 20.4 Å². The molecule has 0 unspecified atom stereocenters. The maximum absolute atomic E-state index is 10.8. The van der Waals surface area contributed by atoms with Gasteiger partial charge in [0.1, 0.15) is 32.2 Å². The molecule has 3 rings (SSSR count). The van der Waals surface area contributed by atoms with Crippen LogP contribution in [0, 0.1) is 10.1 Å². The van der Waals surface area contributed by atoms with Crippen molar-refractivity contribution in [2.75, 3.05) is 38.5 Å². The molecule has 29 heavy (non-hydrogen) atoms. The van der Waals surface area contributed by atoms with Crippen molar-refractivity contribution in [3.63, 3.8) is 0 Å². The molecule has 2 atom stereocenters. The van der Waals surface area contributed by atoms with Crippen LogP contribution in [0.15, 0.2) is 54.6 Å². The predicted octanol–water partition coefficient (Wildman–Crippen LogP) is 0.424. The van der Waals surface area contributed by atoms with Crippen molar-refractivity contribution < 1.29 is 14.7 Å². The van der Waals surface area contributed by atoms with E-state index in [2.05, 4.69) is 48.9 Å². The molecule has 1 aliphatic heterocycles. The summed E-state index contributed by atoms with van der Waals surface area (Å²) in [6.45, 7) is 6.74. The number of benzene rings is 2. The summed E-state index contributed by atoms with van der Waals surface area (Å²) in [5, 5.41) is 17.9. The summed E-state index contributed by atoms with van der Waals surface area (Å²) in [6, 6.07) is 17.3. The second kappa shape index (κ2) is 9.78. The molecule has 7 nitrogen and oxygen atoms in total. The van der Waals surface area contributed by atoms with Gasteiger partial charge in [-0.2, -0.15) is 0 Å². The zero-order valence-electron chi connectivity index (χ0n) is 16.9. The minimum absolute atomic E-state index is 0.0627. The van der Waals surface area contributed by atoms with Crippen LogP contribution >= 0.6 is 12.2 Å². The Kier molecular flexibility index (Phi) is 7.13.